The normalized spacial score (nSPS) is 11.1. The summed E-state index contributed by atoms with van der Waals surface area (Å²) in [7, 11) is 1.67. The number of hydrogen-bond donors (Lipinski definition) is 1. The lowest BCUT2D eigenvalue weighted by Gasteiger charge is -2.14. The van der Waals surface area contributed by atoms with Crippen LogP contribution in [0.3, 0.4) is 0 Å². The van der Waals surface area contributed by atoms with Crippen LogP contribution < -0.4 is 10.5 Å². The molecule has 0 aliphatic rings. The van der Waals surface area contributed by atoms with E-state index in [9.17, 15) is 4.79 Å². The number of anilines is 1. The standard InChI is InChI=1S/C25H34N4O3/c1-4-6-7-8-9-20-24-21(28-25(26)27-20)14-15-29(24)17-19-16-18(10-12-22(19)31-3)11-13-23(30)32-5-2/h10,12,14-16H,4-9,11,13,17H2,1-3H3,(H2,26,27,28). The molecule has 0 spiro atoms. The lowest BCUT2D eigenvalue weighted by Crippen LogP contribution is -2.07. The number of unbranched alkanes of at least 4 members (excludes halogenated alkanes) is 3. The number of hydrogen-bond acceptors (Lipinski definition) is 6. The number of benzene rings is 1. The molecule has 1 aromatic carbocycles. The van der Waals surface area contributed by atoms with Crippen molar-refractivity contribution in [1.82, 2.24) is 14.5 Å². The molecule has 0 unspecified atom stereocenters. The van der Waals surface area contributed by atoms with Crippen molar-refractivity contribution in [3.63, 3.8) is 0 Å². The number of methoxy groups -OCH3 is 1. The number of carbonyl (C=O) groups is 1. The van der Waals surface area contributed by atoms with E-state index in [0.717, 1.165) is 46.4 Å². The summed E-state index contributed by atoms with van der Waals surface area (Å²) in [5.41, 5.74) is 11.0. The second-order valence-corrected chi connectivity index (χ2v) is 7.97. The third-order valence-electron chi connectivity index (χ3n) is 5.58. The summed E-state index contributed by atoms with van der Waals surface area (Å²) in [6.07, 6.45) is 8.58. The van der Waals surface area contributed by atoms with E-state index < -0.39 is 0 Å². The molecule has 0 aliphatic carbocycles. The number of rotatable bonds is 12. The first-order valence-corrected chi connectivity index (χ1v) is 11.5. The van der Waals surface area contributed by atoms with Gasteiger partial charge in [0.25, 0.3) is 0 Å². The molecule has 0 atom stereocenters. The van der Waals surface area contributed by atoms with E-state index in [4.69, 9.17) is 15.2 Å². The summed E-state index contributed by atoms with van der Waals surface area (Å²) < 4.78 is 12.8. The third-order valence-corrected chi connectivity index (χ3v) is 5.58. The Labute approximate surface area is 190 Å². The van der Waals surface area contributed by atoms with Gasteiger partial charge in [0.1, 0.15) is 5.75 Å². The summed E-state index contributed by atoms with van der Waals surface area (Å²) in [4.78, 5) is 20.7. The predicted octanol–water partition coefficient (Wildman–Crippen LogP) is 4.69. The highest BCUT2D eigenvalue weighted by atomic mass is 16.5. The summed E-state index contributed by atoms with van der Waals surface area (Å²) in [5, 5.41) is 0. The van der Waals surface area contributed by atoms with Crippen LogP contribution in [0.4, 0.5) is 5.95 Å². The maximum atomic E-state index is 11.7. The van der Waals surface area contributed by atoms with Crippen LogP contribution in [0.2, 0.25) is 0 Å². The van der Waals surface area contributed by atoms with Crippen molar-refractivity contribution in [2.75, 3.05) is 19.5 Å². The van der Waals surface area contributed by atoms with E-state index in [2.05, 4.69) is 27.5 Å². The average Bonchev–Trinajstić information content (AvgIpc) is 3.18. The number of aryl methyl sites for hydroxylation is 2. The second-order valence-electron chi connectivity index (χ2n) is 7.97. The van der Waals surface area contributed by atoms with Crippen LogP contribution in [0.5, 0.6) is 5.75 Å². The van der Waals surface area contributed by atoms with E-state index >= 15 is 0 Å². The van der Waals surface area contributed by atoms with E-state index in [-0.39, 0.29) is 5.97 Å². The number of nitrogen functional groups attached to an aromatic ring is 1. The molecule has 3 aromatic rings. The number of nitrogens with two attached hydrogens (primary N) is 1. The molecule has 172 valence electrons. The van der Waals surface area contributed by atoms with Gasteiger partial charge in [0, 0.05) is 18.2 Å². The SMILES string of the molecule is CCCCCCc1nc(N)nc2ccn(Cc3cc(CCC(=O)OCC)ccc3OC)c12. The Morgan fingerprint density at radius 1 is 1.09 bits per heavy atom. The molecule has 2 aromatic heterocycles. The highest BCUT2D eigenvalue weighted by molar-refractivity contribution is 5.79. The summed E-state index contributed by atoms with van der Waals surface area (Å²) in [6.45, 7) is 5.05. The smallest absolute Gasteiger partial charge is 0.306 e. The Morgan fingerprint density at radius 2 is 1.94 bits per heavy atom. The molecule has 0 aliphatic heterocycles. The summed E-state index contributed by atoms with van der Waals surface area (Å²) in [6, 6.07) is 8.04. The summed E-state index contributed by atoms with van der Waals surface area (Å²) >= 11 is 0. The predicted molar refractivity (Wildman–Crippen MR) is 127 cm³/mol. The van der Waals surface area contributed by atoms with Gasteiger partial charge in [0.05, 0.1) is 37.0 Å². The Bertz CT molecular complexity index is 1050. The van der Waals surface area contributed by atoms with Crippen LogP contribution in [0.1, 0.15) is 62.8 Å². The van der Waals surface area contributed by atoms with Gasteiger partial charge in [-0.25, -0.2) is 9.97 Å². The lowest BCUT2D eigenvalue weighted by atomic mass is 10.0. The van der Waals surface area contributed by atoms with Crippen molar-refractivity contribution in [3.05, 3.63) is 47.3 Å². The molecule has 7 nitrogen and oxygen atoms in total. The molecule has 32 heavy (non-hydrogen) atoms. The van der Waals surface area contributed by atoms with Gasteiger partial charge in [-0.3, -0.25) is 4.79 Å². The minimum atomic E-state index is -0.177. The van der Waals surface area contributed by atoms with Crippen molar-refractivity contribution in [1.29, 1.82) is 0 Å². The van der Waals surface area contributed by atoms with Crippen molar-refractivity contribution >= 4 is 23.0 Å². The monoisotopic (exact) mass is 438 g/mol. The molecule has 0 fully saturated rings. The first-order valence-electron chi connectivity index (χ1n) is 11.5. The number of fused-ring (bicyclic) bond motifs is 1. The fourth-order valence-corrected chi connectivity index (χ4v) is 4.00. The van der Waals surface area contributed by atoms with Gasteiger partial charge < -0.3 is 19.8 Å². The van der Waals surface area contributed by atoms with Gasteiger partial charge in [0.2, 0.25) is 5.95 Å². The molecule has 7 heteroatoms. The summed E-state index contributed by atoms with van der Waals surface area (Å²) in [5.74, 6) is 0.954. The topological polar surface area (TPSA) is 92.3 Å². The largest absolute Gasteiger partial charge is 0.496 e. The van der Waals surface area contributed by atoms with E-state index in [1.54, 1.807) is 7.11 Å². The molecule has 0 saturated heterocycles. The van der Waals surface area contributed by atoms with Gasteiger partial charge in [0.15, 0.2) is 0 Å². The highest BCUT2D eigenvalue weighted by Gasteiger charge is 2.14. The zero-order valence-electron chi connectivity index (χ0n) is 19.4. The maximum absolute atomic E-state index is 11.7. The van der Waals surface area contributed by atoms with Crippen LogP contribution in [-0.4, -0.2) is 34.2 Å². The number of nitrogens with zero attached hydrogens (tertiary/aromatic N) is 3. The molecule has 2 N–H and O–H groups in total. The zero-order chi connectivity index (χ0) is 22.9. The van der Waals surface area contributed by atoms with Gasteiger partial charge >= 0.3 is 5.97 Å². The van der Waals surface area contributed by atoms with E-state index in [0.29, 0.717) is 31.9 Å². The molecule has 0 bridgehead atoms. The number of aromatic nitrogens is 3. The minimum Gasteiger partial charge on any atom is -0.496 e. The zero-order valence-corrected chi connectivity index (χ0v) is 19.4. The second kappa shape index (κ2) is 11.5. The fourth-order valence-electron chi connectivity index (χ4n) is 4.00. The highest BCUT2D eigenvalue weighted by Crippen LogP contribution is 2.26. The maximum Gasteiger partial charge on any atom is 0.306 e. The third kappa shape index (κ3) is 5.99. The molecule has 0 saturated carbocycles. The fraction of sp³-hybridized carbons (Fsp3) is 0.480. The van der Waals surface area contributed by atoms with Gasteiger partial charge in [-0.2, -0.15) is 0 Å². The van der Waals surface area contributed by atoms with Crippen molar-refractivity contribution in [3.8, 4) is 5.75 Å². The van der Waals surface area contributed by atoms with Crippen molar-refractivity contribution in [2.24, 2.45) is 0 Å². The van der Waals surface area contributed by atoms with Crippen LogP contribution in [0.25, 0.3) is 11.0 Å². The van der Waals surface area contributed by atoms with Crippen molar-refractivity contribution < 1.29 is 14.3 Å². The first-order chi connectivity index (χ1) is 15.5. The quantitative estimate of drug-likeness (QED) is 0.326. The average molecular weight is 439 g/mol. The molecule has 2 heterocycles. The molecular formula is C25H34N4O3. The van der Waals surface area contributed by atoms with Crippen LogP contribution in [0.15, 0.2) is 30.5 Å². The number of carbonyl (C=O) groups excluding carboxylic acids is 1. The number of ether oxygens (including phenoxy) is 2. The number of esters is 1. The van der Waals surface area contributed by atoms with E-state index in [1.807, 2.05) is 31.3 Å². The Hall–Kier alpha value is -3.09. The Morgan fingerprint density at radius 3 is 2.69 bits per heavy atom. The molecule has 0 amide bonds. The van der Waals surface area contributed by atoms with Crippen LogP contribution >= 0.6 is 0 Å². The van der Waals surface area contributed by atoms with Gasteiger partial charge in [-0.1, -0.05) is 38.3 Å². The van der Waals surface area contributed by atoms with Crippen molar-refractivity contribution in [2.45, 2.75) is 65.3 Å². The van der Waals surface area contributed by atoms with Crippen LogP contribution in [-0.2, 0) is 28.9 Å². The van der Waals surface area contributed by atoms with Gasteiger partial charge in [-0.05, 0) is 43.9 Å². The molecular weight excluding hydrogens is 404 g/mol. The Kier molecular flexibility index (Phi) is 8.48. The molecule has 3 rings (SSSR count). The lowest BCUT2D eigenvalue weighted by molar-refractivity contribution is -0.143. The molecule has 0 radical (unpaired) electrons. The first kappa shape index (κ1) is 23.6. The van der Waals surface area contributed by atoms with Gasteiger partial charge in [-0.15, -0.1) is 0 Å². The minimum absolute atomic E-state index is 0.177. The Balaban J connectivity index is 1.86. The van der Waals surface area contributed by atoms with E-state index in [1.165, 1.54) is 19.3 Å². The van der Waals surface area contributed by atoms with Crippen LogP contribution in [0, 0.1) is 0 Å².